The maximum Gasteiger partial charge on any atom is 0.403 e. The minimum Gasteiger partial charge on any atom is -0.508 e. The van der Waals surface area contributed by atoms with Crippen molar-refractivity contribution in [2.45, 2.75) is 0 Å². The van der Waals surface area contributed by atoms with E-state index in [0.717, 1.165) is 0 Å². The predicted octanol–water partition coefficient (Wildman–Crippen LogP) is 2.15. The summed E-state index contributed by atoms with van der Waals surface area (Å²) in [5, 5.41) is 9.07. The second kappa shape index (κ2) is 5.34. The van der Waals surface area contributed by atoms with Gasteiger partial charge >= 0.3 is 5.43 Å². The minimum atomic E-state index is -0.857. The average Bonchev–Trinajstić information content (AvgIpc) is 2.12. The van der Waals surface area contributed by atoms with E-state index < -0.39 is 5.43 Å². The summed E-state index contributed by atoms with van der Waals surface area (Å²) in [5.74, 6) is 0.632. The maximum absolute atomic E-state index is 10.2. The summed E-state index contributed by atoms with van der Waals surface area (Å²) in [5.41, 5.74) is -0.857. The first kappa shape index (κ1) is 10.7. The molecule has 5 heteroatoms. The van der Waals surface area contributed by atoms with E-state index in [1.165, 1.54) is 12.1 Å². The molecule has 76 valence electrons. The Hall–Kier alpha value is -1.42. The van der Waals surface area contributed by atoms with E-state index >= 15 is 0 Å². The van der Waals surface area contributed by atoms with Crippen molar-refractivity contribution in [3.05, 3.63) is 24.3 Å². The zero-order valence-corrected chi connectivity index (χ0v) is 8.03. The third kappa shape index (κ3) is 4.00. The molecule has 4 nitrogen and oxygen atoms in total. The van der Waals surface area contributed by atoms with Crippen LogP contribution in [0.4, 0.5) is 4.79 Å². The van der Waals surface area contributed by atoms with Gasteiger partial charge in [-0.2, -0.15) is 0 Å². The highest BCUT2D eigenvalue weighted by molar-refractivity contribution is 6.61. The fourth-order valence-corrected chi connectivity index (χ4v) is 0.932. The molecule has 1 aromatic carbocycles. The maximum atomic E-state index is 10.2. The molecular formula is C9H9ClO4. The highest BCUT2D eigenvalue weighted by Crippen LogP contribution is 2.17. The van der Waals surface area contributed by atoms with Gasteiger partial charge in [0.25, 0.3) is 0 Å². The number of rotatable bonds is 4. The number of hydrogen-bond acceptors (Lipinski definition) is 4. The predicted molar refractivity (Wildman–Crippen MR) is 50.8 cm³/mol. The molecule has 0 amide bonds. The molecule has 1 rings (SSSR count). The van der Waals surface area contributed by atoms with Crippen molar-refractivity contribution >= 4 is 17.0 Å². The first-order chi connectivity index (χ1) is 6.68. The largest absolute Gasteiger partial charge is 0.508 e. The van der Waals surface area contributed by atoms with Crippen molar-refractivity contribution in [1.82, 2.24) is 0 Å². The van der Waals surface area contributed by atoms with E-state index in [2.05, 4.69) is 4.74 Å². The first-order valence-corrected chi connectivity index (χ1v) is 4.30. The molecular weight excluding hydrogens is 208 g/mol. The average molecular weight is 217 g/mol. The molecule has 0 aliphatic rings. The fourth-order valence-electron chi connectivity index (χ4n) is 0.855. The van der Waals surface area contributed by atoms with E-state index in [9.17, 15) is 4.79 Å². The van der Waals surface area contributed by atoms with Gasteiger partial charge in [-0.1, -0.05) is 6.07 Å². The number of phenols is 1. The van der Waals surface area contributed by atoms with Gasteiger partial charge in [-0.15, -0.1) is 0 Å². The Morgan fingerprint density at radius 2 is 2.21 bits per heavy atom. The van der Waals surface area contributed by atoms with E-state index in [-0.39, 0.29) is 19.0 Å². The van der Waals surface area contributed by atoms with Gasteiger partial charge in [0, 0.05) is 17.7 Å². The fraction of sp³-hybridized carbons (Fsp3) is 0.222. The summed E-state index contributed by atoms with van der Waals surface area (Å²) in [4.78, 5) is 10.2. The van der Waals surface area contributed by atoms with Crippen LogP contribution >= 0.6 is 11.6 Å². The SMILES string of the molecule is O=C(Cl)OCCOc1cccc(O)c1. The molecule has 0 fully saturated rings. The summed E-state index contributed by atoms with van der Waals surface area (Å²) in [6, 6.07) is 6.33. The highest BCUT2D eigenvalue weighted by atomic mass is 35.5. The van der Waals surface area contributed by atoms with Crippen molar-refractivity contribution < 1.29 is 19.4 Å². The van der Waals surface area contributed by atoms with Crippen molar-refractivity contribution in [3.8, 4) is 11.5 Å². The van der Waals surface area contributed by atoms with Gasteiger partial charge in [-0.25, -0.2) is 4.79 Å². The molecule has 0 atom stereocenters. The second-order valence-electron chi connectivity index (χ2n) is 2.43. The van der Waals surface area contributed by atoms with Crippen LogP contribution in [0.1, 0.15) is 0 Å². The van der Waals surface area contributed by atoms with Crippen LogP contribution in [0.3, 0.4) is 0 Å². The topological polar surface area (TPSA) is 55.8 Å². The molecule has 0 unspecified atom stereocenters. The third-order valence-corrected chi connectivity index (χ3v) is 1.49. The van der Waals surface area contributed by atoms with Gasteiger partial charge in [0.1, 0.15) is 24.7 Å². The van der Waals surface area contributed by atoms with E-state index in [0.29, 0.717) is 5.75 Å². The molecule has 1 N–H and O–H groups in total. The monoisotopic (exact) mass is 216 g/mol. The van der Waals surface area contributed by atoms with Crippen LogP contribution in [0, 0.1) is 0 Å². The number of aromatic hydroxyl groups is 1. The zero-order valence-electron chi connectivity index (χ0n) is 7.27. The number of halogens is 1. The summed E-state index contributed by atoms with van der Waals surface area (Å²) in [6.07, 6.45) is 0. The molecule has 14 heavy (non-hydrogen) atoms. The van der Waals surface area contributed by atoms with Crippen LogP contribution < -0.4 is 4.74 Å². The Morgan fingerprint density at radius 3 is 2.86 bits per heavy atom. The lowest BCUT2D eigenvalue weighted by molar-refractivity contribution is 0.147. The Labute approximate surface area is 86.0 Å². The van der Waals surface area contributed by atoms with Gasteiger partial charge in [0.05, 0.1) is 0 Å². The highest BCUT2D eigenvalue weighted by Gasteiger charge is 1.97. The Morgan fingerprint density at radius 1 is 1.43 bits per heavy atom. The Kier molecular flexibility index (Phi) is 4.07. The minimum absolute atomic E-state index is 0.0813. The van der Waals surface area contributed by atoms with Crippen molar-refractivity contribution in [1.29, 1.82) is 0 Å². The van der Waals surface area contributed by atoms with Crippen molar-refractivity contribution in [2.75, 3.05) is 13.2 Å². The third-order valence-electron chi connectivity index (χ3n) is 1.39. The number of ether oxygens (including phenoxy) is 2. The van der Waals surface area contributed by atoms with Crippen LogP contribution in [0.2, 0.25) is 0 Å². The normalized spacial score (nSPS) is 9.50. The lowest BCUT2D eigenvalue weighted by atomic mass is 10.3. The molecule has 0 aliphatic heterocycles. The molecule has 0 aliphatic carbocycles. The van der Waals surface area contributed by atoms with E-state index in [1.54, 1.807) is 12.1 Å². The van der Waals surface area contributed by atoms with Gasteiger partial charge in [-0.05, 0) is 12.1 Å². The summed E-state index contributed by atoms with van der Waals surface area (Å²) < 4.78 is 9.57. The van der Waals surface area contributed by atoms with Crippen molar-refractivity contribution in [2.24, 2.45) is 0 Å². The van der Waals surface area contributed by atoms with E-state index in [1.807, 2.05) is 0 Å². The number of carbonyl (C=O) groups is 1. The molecule has 0 aromatic heterocycles. The number of phenolic OH excluding ortho intramolecular Hbond substituents is 1. The smallest absolute Gasteiger partial charge is 0.403 e. The van der Waals surface area contributed by atoms with Crippen LogP contribution in [-0.4, -0.2) is 23.7 Å². The molecule has 0 saturated carbocycles. The lowest BCUT2D eigenvalue weighted by Gasteiger charge is -2.05. The van der Waals surface area contributed by atoms with E-state index in [4.69, 9.17) is 21.4 Å². The molecule has 1 aromatic rings. The number of carbonyl (C=O) groups excluding carboxylic acids is 1. The number of hydrogen-bond donors (Lipinski definition) is 1. The molecule has 0 spiro atoms. The lowest BCUT2D eigenvalue weighted by Crippen LogP contribution is -2.07. The molecule has 0 heterocycles. The van der Waals surface area contributed by atoms with Gasteiger partial charge in [0.15, 0.2) is 0 Å². The summed E-state index contributed by atoms with van der Waals surface area (Å²) in [6.45, 7) is 0.278. The number of benzene rings is 1. The Bertz CT molecular complexity index is 313. The summed E-state index contributed by atoms with van der Waals surface area (Å²) in [7, 11) is 0. The van der Waals surface area contributed by atoms with Crippen LogP contribution in [0.5, 0.6) is 11.5 Å². The van der Waals surface area contributed by atoms with Gasteiger partial charge < -0.3 is 14.6 Å². The van der Waals surface area contributed by atoms with Crippen molar-refractivity contribution in [3.63, 3.8) is 0 Å². The van der Waals surface area contributed by atoms with Crippen LogP contribution in [0.15, 0.2) is 24.3 Å². The second-order valence-corrected chi connectivity index (χ2v) is 2.74. The van der Waals surface area contributed by atoms with Gasteiger partial charge in [0.2, 0.25) is 0 Å². The quantitative estimate of drug-likeness (QED) is 0.619. The summed E-state index contributed by atoms with van der Waals surface area (Å²) >= 11 is 4.93. The first-order valence-electron chi connectivity index (χ1n) is 3.92. The van der Waals surface area contributed by atoms with Crippen LogP contribution in [-0.2, 0) is 4.74 Å². The van der Waals surface area contributed by atoms with Gasteiger partial charge in [-0.3, -0.25) is 0 Å². The Balaban J connectivity index is 2.28. The standard InChI is InChI=1S/C9H9ClO4/c10-9(12)14-5-4-13-8-3-1-2-7(11)6-8/h1-3,6,11H,4-5H2. The van der Waals surface area contributed by atoms with Crippen LogP contribution in [0.25, 0.3) is 0 Å². The molecule has 0 bridgehead atoms. The molecule has 0 saturated heterocycles. The zero-order chi connectivity index (χ0) is 10.4. The molecule has 0 radical (unpaired) electrons.